The van der Waals surface area contributed by atoms with Gasteiger partial charge in [-0.05, 0) is 24.0 Å². The smallest absolute Gasteiger partial charge is 0.434 e. The number of carboxylic acids is 1. The Morgan fingerprint density at radius 3 is 2.48 bits per heavy atom. The van der Waals surface area contributed by atoms with Crippen molar-refractivity contribution in [2.24, 2.45) is 5.92 Å². The number of hydrogen-bond acceptors (Lipinski definition) is 5. The van der Waals surface area contributed by atoms with Gasteiger partial charge in [-0.1, -0.05) is 31.7 Å². The highest BCUT2D eigenvalue weighted by Gasteiger charge is 2.35. The number of hydrogen-bond donors (Lipinski definition) is 2. The Kier molecular flexibility index (Phi) is 6.71. The Hall–Kier alpha value is -3.24. The van der Waals surface area contributed by atoms with E-state index in [0.717, 1.165) is 30.3 Å². The molecule has 2 aromatic heterocycles. The molecule has 0 aliphatic heterocycles. The van der Waals surface area contributed by atoms with Crippen molar-refractivity contribution in [2.45, 2.75) is 50.7 Å². The molecular weight excluding hydrogens is 417 g/mol. The summed E-state index contributed by atoms with van der Waals surface area (Å²) in [5.41, 5.74) is -1.64. The summed E-state index contributed by atoms with van der Waals surface area (Å²) in [5, 5.41) is 11.3. The first-order chi connectivity index (χ1) is 14.6. The maximum Gasteiger partial charge on any atom is 0.434 e. The number of aromatic nitrogens is 3. The van der Waals surface area contributed by atoms with E-state index in [0.29, 0.717) is 18.0 Å². The van der Waals surface area contributed by atoms with Crippen LogP contribution in [0.1, 0.15) is 49.4 Å². The number of alkyl halides is 3. The van der Waals surface area contributed by atoms with Crippen LogP contribution in [0.15, 0.2) is 35.5 Å². The molecule has 1 fully saturated rings. The maximum atomic E-state index is 13.1. The molecule has 0 aromatic carbocycles. The summed E-state index contributed by atoms with van der Waals surface area (Å²) in [6.07, 6.45) is 1.23. The van der Waals surface area contributed by atoms with E-state index in [1.54, 1.807) is 0 Å². The van der Waals surface area contributed by atoms with Crippen molar-refractivity contribution in [1.29, 1.82) is 0 Å². The van der Waals surface area contributed by atoms with Crippen molar-refractivity contribution in [1.82, 2.24) is 14.5 Å². The van der Waals surface area contributed by atoms with Crippen LogP contribution in [0.4, 0.5) is 19.0 Å². The normalized spacial score (nSPS) is 15.6. The Morgan fingerprint density at radius 2 is 1.90 bits per heavy atom. The van der Waals surface area contributed by atoms with E-state index in [1.807, 2.05) is 0 Å². The lowest BCUT2D eigenvalue weighted by molar-refractivity contribution is -0.142. The van der Waals surface area contributed by atoms with Gasteiger partial charge in [0.2, 0.25) is 5.91 Å². The van der Waals surface area contributed by atoms with Gasteiger partial charge < -0.3 is 10.4 Å². The van der Waals surface area contributed by atoms with Crippen LogP contribution in [0.25, 0.3) is 0 Å². The third-order valence-electron chi connectivity index (χ3n) is 5.22. The number of carboxylic acid groups (broad SMARTS) is 1. The largest absolute Gasteiger partial charge is 0.481 e. The lowest BCUT2D eigenvalue weighted by Gasteiger charge is -2.23. The number of nitrogens with zero attached hydrogens (tertiary/aromatic N) is 3. The van der Waals surface area contributed by atoms with Gasteiger partial charge in [0.25, 0.3) is 5.56 Å². The van der Waals surface area contributed by atoms with Crippen LogP contribution in [-0.4, -0.2) is 31.5 Å². The van der Waals surface area contributed by atoms with Gasteiger partial charge in [0, 0.05) is 12.4 Å². The Labute approximate surface area is 175 Å². The highest BCUT2D eigenvalue weighted by Crippen LogP contribution is 2.33. The van der Waals surface area contributed by atoms with Gasteiger partial charge in [-0.25, -0.2) is 9.97 Å². The zero-order chi connectivity index (χ0) is 22.6. The van der Waals surface area contributed by atoms with E-state index in [1.165, 1.54) is 18.3 Å². The minimum Gasteiger partial charge on any atom is -0.481 e. The molecule has 0 radical (unpaired) electrons. The fraction of sp³-hybridized carbons (Fsp3) is 0.450. The zero-order valence-corrected chi connectivity index (χ0v) is 16.4. The monoisotopic (exact) mass is 438 g/mol. The predicted octanol–water partition coefficient (Wildman–Crippen LogP) is 3.04. The third kappa shape index (κ3) is 5.89. The number of anilines is 1. The zero-order valence-electron chi connectivity index (χ0n) is 16.4. The van der Waals surface area contributed by atoms with E-state index in [4.69, 9.17) is 5.11 Å². The number of nitrogens with one attached hydrogen (secondary N) is 1. The second kappa shape index (κ2) is 9.27. The molecule has 166 valence electrons. The van der Waals surface area contributed by atoms with Gasteiger partial charge in [-0.15, -0.1) is 0 Å². The summed E-state index contributed by atoms with van der Waals surface area (Å²) in [5.74, 6) is -1.50. The van der Waals surface area contributed by atoms with Crippen LogP contribution in [0.5, 0.6) is 0 Å². The Morgan fingerprint density at radius 1 is 1.19 bits per heavy atom. The van der Waals surface area contributed by atoms with E-state index >= 15 is 0 Å². The van der Waals surface area contributed by atoms with Crippen LogP contribution < -0.4 is 10.9 Å². The van der Waals surface area contributed by atoms with E-state index in [9.17, 15) is 27.6 Å². The molecular formula is C20H21F3N4O4. The molecule has 0 spiro atoms. The van der Waals surface area contributed by atoms with Gasteiger partial charge in [-0.3, -0.25) is 19.0 Å². The van der Waals surface area contributed by atoms with Crippen molar-refractivity contribution in [3.8, 4) is 0 Å². The lowest BCUT2D eigenvalue weighted by Crippen LogP contribution is -2.35. The number of carbonyl (C=O) groups excluding carboxylic acids is 1. The molecule has 0 saturated heterocycles. The predicted molar refractivity (Wildman–Crippen MR) is 103 cm³/mol. The van der Waals surface area contributed by atoms with Crippen LogP contribution in [-0.2, 0) is 22.2 Å². The second-order valence-corrected chi connectivity index (χ2v) is 7.53. The van der Waals surface area contributed by atoms with Gasteiger partial charge in [-0.2, -0.15) is 13.2 Å². The van der Waals surface area contributed by atoms with Crippen molar-refractivity contribution in [3.05, 3.63) is 52.3 Å². The van der Waals surface area contributed by atoms with Gasteiger partial charge >= 0.3 is 12.1 Å². The van der Waals surface area contributed by atoms with Gasteiger partial charge in [0.15, 0.2) is 5.69 Å². The van der Waals surface area contributed by atoms with Crippen LogP contribution in [0, 0.1) is 5.92 Å². The number of aliphatic carboxylic acids is 1. The summed E-state index contributed by atoms with van der Waals surface area (Å²) < 4.78 is 40.1. The number of halogens is 3. The molecule has 1 aliphatic rings. The Bertz CT molecular complexity index is 999. The maximum absolute atomic E-state index is 13.1. The quantitative estimate of drug-likeness (QED) is 0.687. The van der Waals surface area contributed by atoms with E-state index < -0.39 is 35.3 Å². The molecule has 2 N–H and O–H groups in total. The molecule has 1 aliphatic carbocycles. The standard InChI is InChI=1S/C20H21F3N4O4/c21-20(22,23)15-11-27(17(28)10-24-15)14(7-12-3-1-2-4-12)19(31)26-16-6-5-13(9-25-16)8-18(29)30/h5-6,9-12,14H,1-4,7-8H2,(H,29,30)(H,25,26,31)/t14-/m0/s1. The third-order valence-corrected chi connectivity index (χ3v) is 5.22. The fourth-order valence-electron chi connectivity index (χ4n) is 3.71. The highest BCUT2D eigenvalue weighted by molar-refractivity contribution is 5.92. The molecule has 2 aromatic rings. The minimum atomic E-state index is -4.76. The summed E-state index contributed by atoms with van der Waals surface area (Å²) in [4.78, 5) is 43.2. The average molecular weight is 438 g/mol. The minimum absolute atomic E-state index is 0.105. The van der Waals surface area contributed by atoms with E-state index in [2.05, 4.69) is 15.3 Å². The molecule has 11 heteroatoms. The van der Waals surface area contributed by atoms with Crippen LogP contribution in [0.2, 0.25) is 0 Å². The second-order valence-electron chi connectivity index (χ2n) is 7.53. The molecule has 31 heavy (non-hydrogen) atoms. The summed E-state index contributed by atoms with van der Waals surface area (Å²) in [7, 11) is 0. The molecule has 1 saturated carbocycles. The molecule has 1 amide bonds. The average Bonchev–Trinajstić information content (AvgIpc) is 3.20. The van der Waals surface area contributed by atoms with E-state index in [-0.39, 0.29) is 24.6 Å². The molecule has 1 atom stereocenters. The molecule has 3 rings (SSSR count). The van der Waals surface area contributed by atoms with Crippen molar-refractivity contribution >= 4 is 17.7 Å². The number of carbonyl (C=O) groups is 2. The Balaban J connectivity index is 1.87. The molecule has 0 bridgehead atoms. The fourth-order valence-corrected chi connectivity index (χ4v) is 3.71. The molecule has 0 unspecified atom stereocenters. The highest BCUT2D eigenvalue weighted by atomic mass is 19.4. The summed E-state index contributed by atoms with van der Waals surface area (Å²) in [6, 6.07) is 1.71. The summed E-state index contributed by atoms with van der Waals surface area (Å²) >= 11 is 0. The van der Waals surface area contributed by atoms with Crippen LogP contribution in [0.3, 0.4) is 0 Å². The molecule has 2 heterocycles. The van der Waals surface area contributed by atoms with Crippen LogP contribution >= 0.6 is 0 Å². The first-order valence-corrected chi connectivity index (χ1v) is 9.76. The number of pyridine rings is 1. The van der Waals surface area contributed by atoms with Gasteiger partial charge in [0.1, 0.15) is 11.9 Å². The lowest BCUT2D eigenvalue weighted by atomic mass is 9.97. The first-order valence-electron chi connectivity index (χ1n) is 9.76. The number of rotatable bonds is 7. The molecule has 8 nitrogen and oxygen atoms in total. The number of amides is 1. The van der Waals surface area contributed by atoms with Crippen molar-refractivity contribution in [2.75, 3.05) is 5.32 Å². The SMILES string of the molecule is O=C(O)Cc1ccc(NC(=O)[C@H](CC2CCCC2)n2cc(C(F)(F)F)ncc2=O)nc1. The summed E-state index contributed by atoms with van der Waals surface area (Å²) in [6.45, 7) is 0. The topological polar surface area (TPSA) is 114 Å². The van der Waals surface area contributed by atoms with Crippen molar-refractivity contribution in [3.63, 3.8) is 0 Å². The van der Waals surface area contributed by atoms with Gasteiger partial charge in [0.05, 0.1) is 12.6 Å². The van der Waals surface area contributed by atoms with Crippen molar-refractivity contribution < 1.29 is 27.9 Å². The first kappa shape index (κ1) is 22.4.